The Morgan fingerprint density at radius 2 is 1.97 bits per heavy atom. The topological polar surface area (TPSA) is 50.8 Å². The second kappa shape index (κ2) is 9.44. The van der Waals surface area contributed by atoms with E-state index < -0.39 is 11.7 Å². The zero-order chi connectivity index (χ0) is 21.6. The Kier molecular flexibility index (Phi) is 6.72. The van der Waals surface area contributed by atoms with Crippen LogP contribution in [0.25, 0.3) is 0 Å². The van der Waals surface area contributed by atoms with Crippen molar-refractivity contribution in [2.24, 2.45) is 0 Å². The van der Waals surface area contributed by atoms with Crippen molar-refractivity contribution >= 4 is 6.03 Å². The molecule has 0 radical (unpaired) electrons. The van der Waals surface area contributed by atoms with Crippen molar-refractivity contribution in [3.05, 3.63) is 59.7 Å². The van der Waals surface area contributed by atoms with E-state index in [1.807, 2.05) is 25.1 Å². The molecular formula is C22H21F3N2O3. The average molecular weight is 418 g/mol. The van der Waals surface area contributed by atoms with Gasteiger partial charge in [-0.05, 0) is 37.3 Å². The SMILES string of the molecule is CCN(CC1COc2ccccc2O1)C(=O)NCC#Cc1cccc(C(F)(F)F)c1. The first-order valence-corrected chi connectivity index (χ1v) is 9.44. The Balaban J connectivity index is 1.51. The second-order valence-electron chi connectivity index (χ2n) is 6.58. The van der Waals surface area contributed by atoms with Gasteiger partial charge in [0.15, 0.2) is 17.6 Å². The largest absolute Gasteiger partial charge is 0.486 e. The molecule has 0 bridgehead atoms. The fourth-order valence-electron chi connectivity index (χ4n) is 2.91. The van der Waals surface area contributed by atoms with Gasteiger partial charge >= 0.3 is 12.2 Å². The van der Waals surface area contributed by atoms with Crippen LogP contribution in [0.4, 0.5) is 18.0 Å². The van der Waals surface area contributed by atoms with Gasteiger partial charge in [0.2, 0.25) is 0 Å². The van der Waals surface area contributed by atoms with E-state index in [-0.39, 0.29) is 24.2 Å². The van der Waals surface area contributed by atoms with Crippen LogP contribution in [-0.2, 0) is 6.18 Å². The lowest BCUT2D eigenvalue weighted by Crippen LogP contribution is -2.47. The van der Waals surface area contributed by atoms with Crippen LogP contribution in [0.15, 0.2) is 48.5 Å². The molecule has 1 aliphatic heterocycles. The van der Waals surface area contributed by atoms with Crippen molar-refractivity contribution < 1.29 is 27.4 Å². The number of nitrogens with one attached hydrogen (secondary N) is 1. The minimum absolute atomic E-state index is 0.0104. The number of benzene rings is 2. The van der Waals surface area contributed by atoms with Gasteiger partial charge in [-0.3, -0.25) is 0 Å². The summed E-state index contributed by atoms with van der Waals surface area (Å²) in [6.07, 6.45) is -4.72. The summed E-state index contributed by atoms with van der Waals surface area (Å²) < 4.78 is 49.7. The predicted molar refractivity (Wildman–Crippen MR) is 105 cm³/mol. The molecule has 2 aromatic carbocycles. The van der Waals surface area contributed by atoms with Crippen LogP contribution in [-0.4, -0.2) is 43.3 Å². The fraction of sp³-hybridized carbons (Fsp3) is 0.318. The van der Waals surface area contributed by atoms with E-state index in [2.05, 4.69) is 17.2 Å². The molecule has 1 aliphatic rings. The number of carbonyl (C=O) groups excluding carboxylic acids is 1. The van der Waals surface area contributed by atoms with Crippen LogP contribution in [0.3, 0.4) is 0 Å². The number of para-hydroxylation sites is 2. The van der Waals surface area contributed by atoms with Crippen LogP contribution in [0.5, 0.6) is 11.5 Å². The lowest BCUT2D eigenvalue weighted by Gasteiger charge is -2.30. The number of amides is 2. The number of urea groups is 1. The average Bonchev–Trinajstić information content (AvgIpc) is 2.74. The molecule has 5 nitrogen and oxygen atoms in total. The van der Waals surface area contributed by atoms with Crippen LogP contribution in [0.2, 0.25) is 0 Å². The van der Waals surface area contributed by atoms with Crippen molar-refractivity contribution in [2.45, 2.75) is 19.2 Å². The van der Waals surface area contributed by atoms with E-state index in [0.29, 0.717) is 31.2 Å². The Hall–Kier alpha value is -3.34. The molecule has 0 fully saturated rings. The number of hydrogen-bond acceptors (Lipinski definition) is 3. The molecule has 2 amide bonds. The number of fused-ring (bicyclic) bond motifs is 1. The third-order valence-corrected chi connectivity index (χ3v) is 4.41. The van der Waals surface area contributed by atoms with E-state index >= 15 is 0 Å². The number of nitrogens with zero attached hydrogens (tertiary/aromatic N) is 1. The van der Waals surface area contributed by atoms with Gasteiger partial charge in [0.1, 0.15) is 6.61 Å². The number of alkyl halides is 3. The standard InChI is InChI=1S/C22H21F3N2O3/c1-2-27(14-18-15-29-19-10-3-4-11-20(19)30-18)21(28)26-12-6-8-16-7-5-9-17(13-16)22(23,24)25/h3-5,7,9-11,13,18H,2,12,14-15H2,1H3,(H,26,28). The molecule has 0 spiro atoms. The zero-order valence-electron chi connectivity index (χ0n) is 16.3. The van der Waals surface area contributed by atoms with Gasteiger partial charge in [0.25, 0.3) is 0 Å². The highest BCUT2D eigenvalue weighted by molar-refractivity contribution is 5.74. The quantitative estimate of drug-likeness (QED) is 0.766. The molecule has 0 saturated carbocycles. The first-order chi connectivity index (χ1) is 14.4. The fourth-order valence-corrected chi connectivity index (χ4v) is 2.91. The first kappa shape index (κ1) is 21.4. The molecule has 158 valence electrons. The Morgan fingerprint density at radius 3 is 2.70 bits per heavy atom. The van der Waals surface area contributed by atoms with Gasteiger partial charge in [0.05, 0.1) is 18.7 Å². The lowest BCUT2D eigenvalue weighted by atomic mass is 10.1. The molecule has 1 heterocycles. The minimum Gasteiger partial charge on any atom is -0.486 e. The normalized spacial score (nSPS) is 15.0. The Labute approximate surface area is 172 Å². The van der Waals surface area contributed by atoms with Crippen LogP contribution in [0, 0.1) is 11.8 Å². The van der Waals surface area contributed by atoms with Crippen LogP contribution < -0.4 is 14.8 Å². The van der Waals surface area contributed by atoms with Gasteiger partial charge in [-0.2, -0.15) is 13.2 Å². The number of rotatable bonds is 4. The predicted octanol–water partition coefficient (Wildman–Crippen LogP) is 3.93. The van der Waals surface area contributed by atoms with Gasteiger partial charge in [-0.1, -0.05) is 30.0 Å². The van der Waals surface area contributed by atoms with E-state index in [4.69, 9.17) is 9.47 Å². The van der Waals surface area contributed by atoms with E-state index in [9.17, 15) is 18.0 Å². The Morgan fingerprint density at radius 1 is 1.20 bits per heavy atom. The molecule has 1 atom stereocenters. The molecule has 8 heteroatoms. The summed E-state index contributed by atoms with van der Waals surface area (Å²) in [7, 11) is 0. The second-order valence-corrected chi connectivity index (χ2v) is 6.58. The number of hydrogen-bond donors (Lipinski definition) is 1. The molecule has 1 N–H and O–H groups in total. The van der Waals surface area contributed by atoms with E-state index in [1.54, 1.807) is 11.0 Å². The van der Waals surface area contributed by atoms with Crippen molar-refractivity contribution in [3.8, 4) is 23.3 Å². The lowest BCUT2D eigenvalue weighted by molar-refractivity contribution is -0.137. The summed E-state index contributed by atoms with van der Waals surface area (Å²) >= 11 is 0. The van der Waals surface area contributed by atoms with E-state index in [0.717, 1.165) is 12.1 Å². The van der Waals surface area contributed by atoms with Crippen molar-refractivity contribution in [3.63, 3.8) is 0 Å². The van der Waals surface area contributed by atoms with Gasteiger partial charge in [-0.15, -0.1) is 0 Å². The molecule has 1 unspecified atom stereocenters. The zero-order valence-corrected chi connectivity index (χ0v) is 16.3. The Bertz CT molecular complexity index is 950. The summed E-state index contributed by atoms with van der Waals surface area (Å²) in [5.41, 5.74) is -0.524. The highest BCUT2D eigenvalue weighted by atomic mass is 19.4. The van der Waals surface area contributed by atoms with Crippen LogP contribution >= 0.6 is 0 Å². The maximum Gasteiger partial charge on any atom is 0.416 e. The van der Waals surface area contributed by atoms with Gasteiger partial charge < -0.3 is 19.7 Å². The summed E-state index contributed by atoms with van der Waals surface area (Å²) in [5.74, 6) is 6.62. The molecule has 0 aromatic heterocycles. The van der Waals surface area contributed by atoms with Gasteiger partial charge in [0, 0.05) is 12.1 Å². The number of ether oxygens (including phenoxy) is 2. The molecule has 0 aliphatic carbocycles. The highest BCUT2D eigenvalue weighted by Crippen LogP contribution is 2.31. The smallest absolute Gasteiger partial charge is 0.416 e. The molecule has 30 heavy (non-hydrogen) atoms. The maximum atomic E-state index is 12.7. The maximum absolute atomic E-state index is 12.7. The van der Waals surface area contributed by atoms with Crippen LogP contribution in [0.1, 0.15) is 18.1 Å². The van der Waals surface area contributed by atoms with E-state index in [1.165, 1.54) is 12.1 Å². The molecule has 2 aromatic rings. The molecular weight excluding hydrogens is 397 g/mol. The number of halogens is 3. The molecule has 3 rings (SSSR count). The number of carbonyl (C=O) groups is 1. The third kappa shape index (κ3) is 5.60. The summed E-state index contributed by atoms with van der Waals surface area (Å²) in [6.45, 7) is 2.96. The number of likely N-dealkylation sites (N-methyl/N-ethyl adjacent to an activating group) is 1. The molecule has 0 saturated heterocycles. The van der Waals surface area contributed by atoms with Gasteiger partial charge in [-0.25, -0.2) is 4.79 Å². The summed E-state index contributed by atoms with van der Waals surface area (Å²) in [6, 6.07) is 11.7. The van der Waals surface area contributed by atoms with Crippen molar-refractivity contribution in [1.82, 2.24) is 10.2 Å². The minimum atomic E-state index is -4.42. The van der Waals surface area contributed by atoms with Crippen molar-refractivity contribution in [2.75, 3.05) is 26.2 Å². The van der Waals surface area contributed by atoms with Crippen molar-refractivity contribution in [1.29, 1.82) is 0 Å². The first-order valence-electron chi connectivity index (χ1n) is 9.44. The monoisotopic (exact) mass is 418 g/mol. The summed E-state index contributed by atoms with van der Waals surface area (Å²) in [4.78, 5) is 14.0. The third-order valence-electron chi connectivity index (χ3n) is 4.41. The summed E-state index contributed by atoms with van der Waals surface area (Å²) in [5, 5.41) is 2.65. The highest BCUT2D eigenvalue weighted by Gasteiger charge is 2.30.